The average molecular weight is 266 g/mol. The number of amides is 1. The van der Waals surface area contributed by atoms with Crippen molar-refractivity contribution >= 4 is 21.4 Å². The van der Waals surface area contributed by atoms with Crippen molar-refractivity contribution in [1.29, 1.82) is 0 Å². The third kappa shape index (κ3) is 3.87. The van der Waals surface area contributed by atoms with Gasteiger partial charge in [0.15, 0.2) is 9.84 Å². The monoisotopic (exact) mass is 266 g/mol. The predicted molar refractivity (Wildman–Crippen MR) is 69.6 cm³/mol. The Kier molecular flexibility index (Phi) is 4.48. The lowest BCUT2D eigenvalue weighted by molar-refractivity contribution is -0.117. The van der Waals surface area contributed by atoms with Crippen LogP contribution >= 0.6 is 0 Å². The van der Waals surface area contributed by atoms with Crippen molar-refractivity contribution in [2.75, 3.05) is 11.6 Å². The van der Waals surface area contributed by atoms with E-state index in [2.05, 4.69) is 11.2 Å². The normalized spacial score (nSPS) is 12.5. The Morgan fingerprint density at radius 2 is 2.00 bits per heavy atom. The zero-order chi connectivity index (χ0) is 13.8. The van der Waals surface area contributed by atoms with Crippen LogP contribution in [-0.4, -0.2) is 26.6 Å². The molecule has 0 radical (unpaired) electrons. The Bertz CT molecular complexity index is 570. The zero-order valence-corrected chi connectivity index (χ0v) is 10.7. The van der Waals surface area contributed by atoms with Gasteiger partial charge >= 0.3 is 0 Å². The third-order valence-electron chi connectivity index (χ3n) is 2.22. The fourth-order valence-electron chi connectivity index (χ4n) is 1.24. The molecule has 0 bridgehead atoms. The summed E-state index contributed by atoms with van der Waals surface area (Å²) in [6.07, 6.45) is 6.31. The molecule has 1 aromatic rings. The molecule has 18 heavy (non-hydrogen) atoms. The Labute approximate surface area is 106 Å². The fraction of sp³-hybridized carbons (Fsp3) is 0.250. The molecule has 0 heterocycles. The Morgan fingerprint density at radius 3 is 2.44 bits per heavy atom. The first-order valence-corrected chi connectivity index (χ1v) is 7.04. The van der Waals surface area contributed by atoms with Gasteiger partial charge in [-0.1, -0.05) is 0 Å². The minimum atomic E-state index is -3.24. The molecule has 1 amide bonds. The Morgan fingerprint density at radius 1 is 1.44 bits per heavy atom. The van der Waals surface area contributed by atoms with Crippen LogP contribution in [0.3, 0.4) is 0 Å². The molecule has 1 atom stereocenters. The summed E-state index contributed by atoms with van der Waals surface area (Å²) in [6.45, 7) is 0. The lowest BCUT2D eigenvalue weighted by Gasteiger charge is -2.09. The molecule has 0 aliphatic rings. The minimum Gasteiger partial charge on any atom is -0.325 e. The molecule has 1 unspecified atom stereocenters. The molecule has 0 aliphatic heterocycles. The minimum absolute atomic E-state index is 0.146. The van der Waals surface area contributed by atoms with Crippen molar-refractivity contribution in [3.05, 3.63) is 24.3 Å². The van der Waals surface area contributed by atoms with Crippen molar-refractivity contribution in [2.45, 2.75) is 17.4 Å². The number of rotatable bonds is 4. The molecule has 1 aromatic carbocycles. The highest BCUT2D eigenvalue weighted by molar-refractivity contribution is 7.90. The molecule has 0 saturated heterocycles. The maximum absolute atomic E-state index is 11.5. The van der Waals surface area contributed by atoms with Crippen molar-refractivity contribution < 1.29 is 13.2 Å². The fourth-order valence-corrected chi connectivity index (χ4v) is 1.87. The van der Waals surface area contributed by atoms with Gasteiger partial charge in [-0.2, -0.15) is 0 Å². The summed E-state index contributed by atoms with van der Waals surface area (Å²) in [7, 11) is -3.24. The van der Waals surface area contributed by atoms with Gasteiger partial charge in [-0.25, -0.2) is 8.42 Å². The second-order valence-electron chi connectivity index (χ2n) is 3.80. The highest BCUT2D eigenvalue weighted by atomic mass is 32.2. The SMILES string of the molecule is C#CCC(N)C(=O)Nc1ccc(S(C)(=O)=O)cc1. The third-order valence-corrected chi connectivity index (χ3v) is 3.35. The van der Waals surface area contributed by atoms with Gasteiger partial charge in [0, 0.05) is 18.4 Å². The summed E-state index contributed by atoms with van der Waals surface area (Å²) >= 11 is 0. The molecular formula is C12H14N2O3S. The maximum atomic E-state index is 11.5. The van der Waals surface area contributed by atoms with Crippen LogP contribution in [0.2, 0.25) is 0 Å². The molecule has 1 rings (SSSR count). The second kappa shape index (κ2) is 5.67. The van der Waals surface area contributed by atoms with Crippen LogP contribution in [0, 0.1) is 12.3 Å². The van der Waals surface area contributed by atoms with Crippen molar-refractivity contribution in [3.63, 3.8) is 0 Å². The van der Waals surface area contributed by atoms with Crippen LogP contribution in [0.15, 0.2) is 29.2 Å². The molecule has 5 nitrogen and oxygen atoms in total. The molecule has 3 N–H and O–H groups in total. The summed E-state index contributed by atoms with van der Waals surface area (Å²) in [5.41, 5.74) is 6.00. The molecule has 6 heteroatoms. The lowest BCUT2D eigenvalue weighted by atomic mass is 10.2. The van der Waals surface area contributed by atoms with E-state index < -0.39 is 21.8 Å². The molecular weight excluding hydrogens is 252 g/mol. The lowest BCUT2D eigenvalue weighted by Crippen LogP contribution is -2.35. The van der Waals surface area contributed by atoms with Crippen LogP contribution in [0.5, 0.6) is 0 Å². The van der Waals surface area contributed by atoms with E-state index in [1.807, 2.05) is 0 Å². The van der Waals surface area contributed by atoms with Gasteiger partial charge in [0.1, 0.15) is 0 Å². The highest BCUT2D eigenvalue weighted by Gasteiger charge is 2.12. The highest BCUT2D eigenvalue weighted by Crippen LogP contribution is 2.14. The number of hydrogen-bond donors (Lipinski definition) is 2. The van der Waals surface area contributed by atoms with E-state index in [4.69, 9.17) is 12.2 Å². The number of nitrogens with two attached hydrogens (primary N) is 1. The molecule has 0 spiro atoms. The second-order valence-corrected chi connectivity index (χ2v) is 5.82. The van der Waals surface area contributed by atoms with Crippen molar-refractivity contribution in [3.8, 4) is 12.3 Å². The van der Waals surface area contributed by atoms with E-state index >= 15 is 0 Å². The van der Waals surface area contributed by atoms with Crippen LogP contribution in [0.4, 0.5) is 5.69 Å². The number of sulfone groups is 1. The van der Waals surface area contributed by atoms with Gasteiger partial charge in [0.25, 0.3) is 0 Å². The summed E-state index contributed by atoms with van der Waals surface area (Å²) < 4.78 is 22.5. The summed E-state index contributed by atoms with van der Waals surface area (Å²) in [5, 5.41) is 2.55. The van der Waals surface area contributed by atoms with Crippen molar-refractivity contribution in [2.24, 2.45) is 5.73 Å². The van der Waals surface area contributed by atoms with Crippen molar-refractivity contribution in [1.82, 2.24) is 0 Å². The summed E-state index contributed by atoms with van der Waals surface area (Å²) in [4.78, 5) is 11.7. The largest absolute Gasteiger partial charge is 0.325 e. The van der Waals surface area contributed by atoms with E-state index in [9.17, 15) is 13.2 Å². The predicted octanol–water partition coefficient (Wildman–Crippen LogP) is 0.379. The first kappa shape index (κ1) is 14.2. The maximum Gasteiger partial charge on any atom is 0.242 e. The molecule has 0 aliphatic carbocycles. The number of carbonyl (C=O) groups excluding carboxylic acids is 1. The Hall–Kier alpha value is -1.84. The first-order valence-electron chi connectivity index (χ1n) is 5.14. The number of nitrogens with one attached hydrogen (secondary N) is 1. The number of benzene rings is 1. The van der Waals surface area contributed by atoms with Gasteiger partial charge in [-0.3, -0.25) is 4.79 Å². The summed E-state index contributed by atoms with van der Waals surface area (Å²) in [5.74, 6) is 1.90. The van der Waals surface area contributed by atoms with Crippen LogP contribution in [0.25, 0.3) is 0 Å². The topological polar surface area (TPSA) is 89.3 Å². The number of terminal acetylenes is 1. The van der Waals surface area contributed by atoms with E-state index in [-0.39, 0.29) is 11.3 Å². The number of carbonyl (C=O) groups is 1. The van der Waals surface area contributed by atoms with Crippen LogP contribution in [-0.2, 0) is 14.6 Å². The molecule has 0 saturated carbocycles. The van der Waals surface area contributed by atoms with Gasteiger partial charge in [0.2, 0.25) is 5.91 Å². The number of anilines is 1. The first-order chi connectivity index (χ1) is 8.34. The number of hydrogen-bond acceptors (Lipinski definition) is 4. The summed E-state index contributed by atoms with van der Waals surface area (Å²) in [6, 6.07) is 5.05. The standard InChI is InChI=1S/C12H14N2O3S/c1-3-4-11(13)12(15)14-9-5-7-10(8-6-9)18(2,16)17/h1,5-8,11H,4,13H2,2H3,(H,14,15). The molecule has 0 aromatic heterocycles. The smallest absolute Gasteiger partial charge is 0.242 e. The zero-order valence-electron chi connectivity index (χ0n) is 9.88. The average Bonchev–Trinajstić information content (AvgIpc) is 2.28. The van der Waals surface area contributed by atoms with Crippen LogP contribution in [0.1, 0.15) is 6.42 Å². The van der Waals surface area contributed by atoms with E-state index in [0.717, 1.165) is 6.26 Å². The molecule has 0 fully saturated rings. The van der Waals surface area contributed by atoms with E-state index in [0.29, 0.717) is 5.69 Å². The van der Waals surface area contributed by atoms with Gasteiger partial charge in [-0.05, 0) is 24.3 Å². The van der Waals surface area contributed by atoms with Gasteiger partial charge in [-0.15, -0.1) is 12.3 Å². The quantitative estimate of drug-likeness (QED) is 0.771. The van der Waals surface area contributed by atoms with E-state index in [1.165, 1.54) is 24.3 Å². The molecule has 96 valence electrons. The van der Waals surface area contributed by atoms with Gasteiger partial charge < -0.3 is 11.1 Å². The van der Waals surface area contributed by atoms with Gasteiger partial charge in [0.05, 0.1) is 10.9 Å². The van der Waals surface area contributed by atoms with Crippen LogP contribution < -0.4 is 11.1 Å². The van der Waals surface area contributed by atoms with E-state index in [1.54, 1.807) is 0 Å². The Balaban J connectivity index is 2.77.